The van der Waals surface area contributed by atoms with Crippen LogP contribution in [0, 0.1) is 5.82 Å². The minimum absolute atomic E-state index is 0.146. The fourth-order valence-corrected chi connectivity index (χ4v) is 3.21. The first-order valence-corrected chi connectivity index (χ1v) is 9.80. The quantitative estimate of drug-likeness (QED) is 0.828. The summed E-state index contributed by atoms with van der Waals surface area (Å²) < 4.78 is 18.6. The second kappa shape index (κ2) is 8.79. The zero-order valence-electron chi connectivity index (χ0n) is 17.5. The molecule has 0 spiro atoms. The normalized spacial score (nSPS) is 17.0. The molecule has 0 radical (unpaired) electrons. The van der Waals surface area contributed by atoms with Crippen LogP contribution in [-0.4, -0.2) is 64.0 Å². The Balaban J connectivity index is 1.69. The lowest BCUT2D eigenvalue weighted by Crippen LogP contribution is -2.57. The van der Waals surface area contributed by atoms with Crippen LogP contribution in [0.15, 0.2) is 43.2 Å². The molecule has 2 heterocycles. The highest BCUT2D eigenvalue weighted by Gasteiger charge is 2.32. The minimum Gasteiger partial charge on any atom is -0.444 e. The van der Waals surface area contributed by atoms with Gasteiger partial charge in [0.05, 0.1) is 12.6 Å². The van der Waals surface area contributed by atoms with Crippen molar-refractivity contribution in [3.8, 4) is 0 Å². The van der Waals surface area contributed by atoms with Gasteiger partial charge in [0.2, 0.25) is 5.95 Å². The maximum atomic E-state index is 13.1. The van der Waals surface area contributed by atoms with Crippen LogP contribution < -0.4 is 4.90 Å². The van der Waals surface area contributed by atoms with E-state index in [0.717, 1.165) is 11.1 Å². The van der Waals surface area contributed by atoms with Crippen molar-refractivity contribution in [2.75, 3.05) is 31.1 Å². The first-order chi connectivity index (χ1) is 14.2. The number of amides is 1. The van der Waals surface area contributed by atoms with E-state index in [4.69, 9.17) is 4.74 Å². The van der Waals surface area contributed by atoms with Gasteiger partial charge in [-0.15, -0.1) is 0 Å². The van der Waals surface area contributed by atoms with E-state index in [0.29, 0.717) is 31.2 Å². The van der Waals surface area contributed by atoms with Crippen LogP contribution in [0.3, 0.4) is 0 Å². The summed E-state index contributed by atoms with van der Waals surface area (Å²) in [6, 6.07) is 5.74. The number of piperazine rings is 1. The predicted octanol–water partition coefficient (Wildman–Crippen LogP) is 3.10. The van der Waals surface area contributed by atoms with Crippen LogP contribution in [-0.2, 0) is 4.74 Å². The summed E-state index contributed by atoms with van der Waals surface area (Å²) in [6.07, 6.45) is 2.92. The largest absolute Gasteiger partial charge is 0.444 e. The summed E-state index contributed by atoms with van der Waals surface area (Å²) in [5.41, 5.74) is 1.62. The smallest absolute Gasteiger partial charge is 0.410 e. The van der Waals surface area contributed by atoms with Gasteiger partial charge < -0.3 is 19.6 Å². The average molecular weight is 414 g/mol. The number of hydrogen-bond acceptors (Lipinski definition) is 6. The highest BCUT2D eigenvalue weighted by molar-refractivity contribution is 5.77. The van der Waals surface area contributed by atoms with Gasteiger partial charge in [-0.05, 0) is 44.0 Å². The van der Waals surface area contributed by atoms with E-state index in [9.17, 15) is 14.3 Å². The summed E-state index contributed by atoms with van der Waals surface area (Å²) >= 11 is 0. The summed E-state index contributed by atoms with van der Waals surface area (Å²) in [7, 11) is 0. The first kappa shape index (κ1) is 21.7. The third-order valence-corrected chi connectivity index (χ3v) is 4.78. The average Bonchev–Trinajstić information content (AvgIpc) is 2.72. The molecule has 1 aliphatic heterocycles. The third kappa shape index (κ3) is 5.13. The van der Waals surface area contributed by atoms with E-state index in [1.807, 2.05) is 25.7 Å². The molecular formula is C22H27FN4O3. The molecule has 1 atom stereocenters. The SMILES string of the molecule is C=C(c1ccc(F)cc1)c1cnc(N2CCN(C(=O)OC(C)(C)C)C[C@H]2CO)nc1. The number of halogens is 1. The van der Waals surface area contributed by atoms with Crippen molar-refractivity contribution >= 4 is 17.6 Å². The Morgan fingerprint density at radius 1 is 1.20 bits per heavy atom. The topological polar surface area (TPSA) is 78.8 Å². The molecule has 1 amide bonds. The van der Waals surface area contributed by atoms with E-state index in [-0.39, 0.29) is 18.5 Å². The van der Waals surface area contributed by atoms with Crippen LogP contribution >= 0.6 is 0 Å². The fraction of sp³-hybridized carbons (Fsp3) is 0.409. The number of aliphatic hydroxyl groups excluding tert-OH is 1. The molecule has 160 valence electrons. The van der Waals surface area contributed by atoms with Crippen molar-refractivity contribution in [1.29, 1.82) is 0 Å². The van der Waals surface area contributed by atoms with Gasteiger partial charge in [0.1, 0.15) is 11.4 Å². The van der Waals surface area contributed by atoms with Gasteiger partial charge in [0, 0.05) is 37.6 Å². The molecule has 8 heteroatoms. The molecule has 0 saturated carbocycles. The first-order valence-electron chi connectivity index (χ1n) is 9.80. The van der Waals surface area contributed by atoms with Crippen molar-refractivity contribution in [2.45, 2.75) is 32.4 Å². The van der Waals surface area contributed by atoms with E-state index >= 15 is 0 Å². The monoisotopic (exact) mass is 414 g/mol. The van der Waals surface area contributed by atoms with E-state index < -0.39 is 11.7 Å². The van der Waals surface area contributed by atoms with Crippen molar-refractivity contribution in [3.63, 3.8) is 0 Å². The van der Waals surface area contributed by atoms with Crippen LogP contribution in [0.25, 0.3) is 5.57 Å². The molecule has 1 fully saturated rings. The van der Waals surface area contributed by atoms with Gasteiger partial charge in [-0.25, -0.2) is 19.2 Å². The Labute approximate surface area is 175 Å². The maximum Gasteiger partial charge on any atom is 0.410 e. The van der Waals surface area contributed by atoms with Gasteiger partial charge in [0.15, 0.2) is 0 Å². The third-order valence-electron chi connectivity index (χ3n) is 4.78. The van der Waals surface area contributed by atoms with E-state index in [1.54, 1.807) is 29.4 Å². The van der Waals surface area contributed by atoms with E-state index in [2.05, 4.69) is 16.5 Å². The van der Waals surface area contributed by atoms with Crippen molar-refractivity contribution < 1.29 is 19.0 Å². The lowest BCUT2D eigenvalue weighted by molar-refractivity contribution is 0.0196. The van der Waals surface area contributed by atoms with Crippen molar-refractivity contribution in [1.82, 2.24) is 14.9 Å². The number of aliphatic hydroxyl groups is 1. The van der Waals surface area contributed by atoms with E-state index in [1.165, 1.54) is 12.1 Å². The molecule has 3 rings (SSSR count). The molecule has 1 N–H and O–H groups in total. The summed E-state index contributed by atoms with van der Waals surface area (Å²) in [4.78, 5) is 24.7. The predicted molar refractivity (Wildman–Crippen MR) is 113 cm³/mol. The van der Waals surface area contributed by atoms with Gasteiger partial charge in [-0.2, -0.15) is 0 Å². The van der Waals surface area contributed by atoms with Crippen molar-refractivity contribution in [2.24, 2.45) is 0 Å². The molecule has 1 aromatic heterocycles. The van der Waals surface area contributed by atoms with Gasteiger partial charge in [0.25, 0.3) is 0 Å². The number of anilines is 1. The number of rotatable bonds is 4. The Hall–Kier alpha value is -3.00. The van der Waals surface area contributed by atoms with Crippen LogP contribution in [0.1, 0.15) is 31.9 Å². The highest BCUT2D eigenvalue weighted by Crippen LogP contribution is 2.23. The molecule has 2 aromatic rings. The van der Waals surface area contributed by atoms with Gasteiger partial charge in [-0.1, -0.05) is 18.7 Å². The molecular weight excluding hydrogens is 387 g/mol. The zero-order valence-corrected chi connectivity index (χ0v) is 17.5. The molecule has 30 heavy (non-hydrogen) atoms. The number of hydrogen-bond donors (Lipinski definition) is 1. The van der Waals surface area contributed by atoms with Crippen LogP contribution in [0.4, 0.5) is 15.1 Å². The number of nitrogens with zero attached hydrogens (tertiary/aromatic N) is 4. The second-order valence-electron chi connectivity index (χ2n) is 8.21. The molecule has 1 aromatic carbocycles. The zero-order chi connectivity index (χ0) is 21.9. The second-order valence-corrected chi connectivity index (χ2v) is 8.21. The van der Waals surface area contributed by atoms with Crippen LogP contribution in [0.5, 0.6) is 0 Å². The lowest BCUT2D eigenvalue weighted by Gasteiger charge is -2.40. The van der Waals surface area contributed by atoms with Crippen LogP contribution in [0.2, 0.25) is 0 Å². The Kier molecular flexibility index (Phi) is 6.36. The Morgan fingerprint density at radius 2 is 1.83 bits per heavy atom. The molecule has 0 unspecified atom stereocenters. The molecule has 0 bridgehead atoms. The summed E-state index contributed by atoms with van der Waals surface area (Å²) in [5, 5.41) is 9.85. The Bertz CT molecular complexity index is 894. The summed E-state index contributed by atoms with van der Waals surface area (Å²) in [6.45, 7) is 10.6. The van der Waals surface area contributed by atoms with Crippen molar-refractivity contribution in [3.05, 3.63) is 60.2 Å². The number of ether oxygens (including phenoxy) is 1. The van der Waals surface area contributed by atoms with Gasteiger partial charge >= 0.3 is 6.09 Å². The number of carbonyl (C=O) groups is 1. The summed E-state index contributed by atoms with van der Waals surface area (Å²) in [5.74, 6) is 0.160. The number of benzene rings is 1. The number of carbonyl (C=O) groups excluding carboxylic acids is 1. The molecule has 0 aliphatic carbocycles. The highest BCUT2D eigenvalue weighted by atomic mass is 19.1. The molecule has 1 aliphatic rings. The lowest BCUT2D eigenvalue weighted by atomic mass is 10.0. The maximum absolute atomic E-state index is 13.1. The molecule has 7 nitrogen and oxygen atoms in total. The minimum atomic E-state index is -0.575. The molecule has 1 saturated heterocycles. The fourth-order valence-electron chi connectivity index (χ4n) is 3.21. The standard InChI is InChI=1S/C22H27FN4O3/c1-15(16-5-7-18(23)8-6-16)17-11-24-20(25-12-17)27-10-9-26(13-19(27)14-28)21(29)30-22(2,3)4/h5-8,11-12,19,28H,1,9-10,13-14H2,2-4H3/t19-/m0/s1. The van der Waals surface area contributed by atoms with Gasteiger partial charge in [-0.3, -0.25) is 0 Å². The Morgan fingerprint density at radius 3 is 2.40 bits per heavy atom. The number of aromatic nitrogens is 2.